The topological polar surface area (TPSA) is 94.6 Å². The molecule has 0 fully saturated rings. The summed E-state index contributed by atoms with van der Waals surface area (Å²) in [6, 6.07) is -0.174. The minimum atomic E-state index is -1.54. The van der Waals surface area contributed by atoms with Crippen molar-refractivity contribution in [2.75, 3.05) is 13.2 Å². The van der Waals surface area contributed by atoms with E-state index in [1.807, 2.05) is 0 Å². The lowest BCUT2D eigenvalue weighted by atomic mass is 10.2. The van der Waals surface area contributed by atoms with Crippen molar-refractivity contribution in [3.8, 4) is 0 Å². The fourth-order valence-electron chi connectivity index (χ4n) is 1.43. The summed E-state index contributed by atoms with van der Waals surface area (Å²) < 4.78 is 9.48. The van der Waals surface area contributed by atoms with Gasteiger partial charge in [-0.1, -0.05) is 11.6 Å². The van der Waals surface area contributed by atoms with Crippen LogP contribution in [0, 0.1) is 0 Å². The fraction of sp³-hybridized carbons (Fsp3) is 0.385. The smallest absolute Gasteiger partial charge is 0.340 e. The molecule has 1 rings (SSSR count). The number of hydrogen-bond donors (Lipinski definition) is 1. The Labute approximate surface area is 126 Å². The average molecular weight is 315 g/mol. The van der Waals surface area contributed by atoms with Crippen LogP contribution in [0.15, 0.2) is 18.5 Å². The summed E-state index contributed by atoms with van der Waals surface area (Å²) in [5, 5.41) is 2.34. The van der Waals surface area contributed by atoms with Crippen LogP contribution in [0.3, 0.4) is 0 Å². The summed E-state index contributed by atoms with van der Waals surface area (Å²) in [5.41, 5.74) is 0.0882. The molecule has 1 aromatic heterocycles. The molecule has 0 aliphatic carbocycles. The van der Waals surface area contributed by atoms with Crippen molar-refractivity contribution in [2.24, 2.45) is 0 Å². The molecular weight excluding hydrogens is 300 g/mol. The summed E-state index contributed by atoms with van der Waals surface area (Å²) in [5.74, 6) is -2.49. The maximum absolute atomic E-state index is 12.1. The molecule has 0 saturated heterocycles. The number of aromatic nitrogens is 1. The van der Waals surface area contributed by atoms with Gasteiger partial charge in [0.25, 0.3) is 5.91 Å². The molecule has 0 aliphatic rings. The van der Waals surface area contributed by atoms with E-state index in [1.54, 1.807) is 13.8 Å². The highest BCUT2D eigenvalue weighted by Crippen LogP contribution is 2.13. The van der Waals surface area contributed by atoms with Crippen LogP contribution < -0.4 is 5.32 Å². The van der Waals surface area contributed by atoms with Crippen LogP contribution in [0.1, 0.15) is 24.2 Å². The lowest BCUT2D eigenvalue weighted by molar-refractivity contribution is -0.157. The van der Waals surface area contributed by atoms with Gasteiger partial charge >= 0.3 is 11.9 Å². The third-order valence-corrected chi connectivity index (χ3v) is 2.64. The minimum absolute atomic E-state index is 0.0701. The first kappa shape index (κ1) is 16.9. The largest absolute Gasteiger partial charge is 0.464 e. The SMILES string of the molecule is CCOC(=O)C(NC(=O)c1ccncc1Cl)C(=O)OCC. The van der Waals surface area contributed by atoms with Crippen LogP contribution in [0.4, 0.5) is 0 Å². The Balaban J connectivity index is 2.90. The van der Waals surface area contributed by atoms with Gasteiger partial charge in [-0.25, -0.2) is 9.59 Å². The van der Waals surface area contributed by atoms with Gasteiger partial charge in [-0.15, -0.1) is 0 Å². The van der Waals surface area contributed by atoms with E-state index in [9.17, 15) is 14.4 Å². The molecule has 114 valence electrons. The standard InChI is InChI=1S/C13H15ClN2O5/c1-3-20-12(18)10(13(19)21-4-2)16-11(17)8-5-6-15-7-9(8)14/h5-7,10H,3-4H2,1-2H3,(H,16,17). The van der Waals surface area contributed by atoms with E-state index in [-0.39, 0.29) is 23.8 Å². The normalized spacial score (nSPS) is 10.1. The Morgan fingerprint density at radius 3 is 2.29 bits per heavy atom. The van der Waals surface area contributed by atoms with E-state index in [0.717, 1.165) is 0 Å². The maximum atomic E-state index is 12.1. The molecule has 21 heavy (non-hydrogen) atoms. The lowest BCUT2D eigenvalue weighted by Crippen LogP contribution is -2.48. The second kappa shape index (κ2) is 8.21. The molecule has 0 unspecified atom stereocenters. The van der Waals surface area contributed by atoms with Crippen molar-refractivity contribution in [3.63, 3.8) is 0 Å². The monoisotopic (exact) mass is 314 g/mol. The predicted octanol–water partition coefficient (Wildman–Crippen LogP) is 0.960. The van der Waals surface area contributed by atoms with Crippen LogP contribution in [-0.2, 0) is 19.1 Å². The van der Waals surface area contributed by atoms with Gasteiger partial charge < -0.3 is 14.8 Å². The van der Waals surface area contributed by atoms with Crippen molar-refractivity contribution in [1.29, 1.82) is 0 Å². The molecule has 0 spiro atoms. The number of esters is 2. The molecule has 7 nitrogen and oxygen atoms in total. The molecule has 0 saturated carbocycles. The van der Waals surface area contributed by atoms with E-state index in [4.69, 9.17) is 21.1 Å². The van der Waals surface area contributed by atoms with E-state index in [1.165, 1.54) is 18.5 Å². The summed E-state index contributed by atoms with van der Waals surface area (Å²) in [7, 11) is 0. The van der Waals surface area contributed by atoms with E-state index in [2.05, 4.69) is 10.3 Å². The van der Waals surface area contributed by atoms with Crippen LogP contribution in [-0.4, -0.2) is 42.1 Å². The van der Waals surface area contributed by atoms with Crippen molar-refractivity contribution in [3.05, 3.63) is 29.0 Å². The van der Waals surface area contributed by atoms with Gasteiger partial charge in [-0.3, -0.25) is 9.78 Å². The number of carbonyl (C=O) groups excluding carboxylic acids is 3. The van der Waals surface area contributed by atoms with Crippen molar-refractivity contribution in [2.45, 2.75) is 19.9 Å². The predicted molar refractivity (Wildman–Crippen MR) is 73.8 cm³/mol. The van der Waals surface area contributed by atoms with Crippen LogP contribution in [0.5, 0.6) is 0 Å². The number of rotatable bonds is 6. The second-order valence-electron chi connectivity index (χ2n) is 3.77. The van der Waals surface area contributed by atoms with Gasteiger partial charge in [0, 0.05) is 12.4 Å². The van der Waals surface area contributed by atoms with Gasteiger partial charge in [0.2, 0.25) is 6.04 Å². The van der Waals surface area contributed by atoms with E-state index >= 15 is 0 Å². The Bertz CT molecular complexity index is 517. The molecule has 1 N–H and O–H groups in total. The summed E-state index contributed by atoms with van der Waals surface area (Å²) in [4.78, 5) is 39.3. The first-order valence-corrected chi connectivity index (χ1v) is 6.62. The maximum Gasteiger partial charge on any atom is 0.340 e. The number of pyridine rings is 1. The quantitative estimate of drug-likeness (QED) is 0.621. The molecule has 0 bridgehead atoms. The van der Waals surface area contributed by atoms with Crippen LogP contribution >= 0.6 is 11.6 Å². The Morgan fingerprint density at radius 2 is 1.81 bits per heavy atom. The second-order valence-corrected chi connectivity index (χ2v) is 4.17. The Morgan fingerprint density at radius 1 is 1.24 bits per heavy atom. The summed E-state index contributed by atoms with van der Waals surface area (Å²) >= 11 is 5.83. The number of carbonyl (C=O) groups is 3. The average Bonchev–Trinajstić information content (AvgIpc) is 2.45. The van der Waals surface area contributed by atoms with E-state index < -0.39 is 23.9 Å². The van der Waals surface area contributed by atoms with Gasteiger partial charge in [-0.05, 0) is 19.9 Å². The third kappa shape index (κ3) is 4.71. The number of nitrogens with zero attached hydrogens (tertiary/aromatic N) is 1. The van der Waals surface area contributed by atoms with Crippen LogP contribution in [0.2, 0.25) is 5.02 Å². The van der Waals surface area contributed by atoms with Crippen LogP contribution in [0.25, 0.3) is 0 Å². The zero-order chi connectivity index (χ0) is 15.8. The fourth-order valence-corrected chi connectivity index (χ4v) is 1.64. The highest BCUT2D eigenvalue weighted by Gasteiger charge is 2.31. The first-order chi connectivity index (χ1) is 10.0. The third-order valence-electron chi connectivity index (χ3n) is 2.34. The molecule has 0 atom stereocenters. The molecule has 1 amide bonds. The Hall–Kier alpha value is -2.15. The minimum Gasteiger partial charge on any atom is -0.464 e. The van der Waals surface area contributed by atoms with Gasteiger partial charge in [-0.2, -0.15) is 0 Å². The highest BCUT2D eigenvalue weighted by atomic mass is 35.5. The van der Waals surface area contributed by atoms with Crippen molar-refractivity contribution >= 4 is 29.4 Å². The van der Waals surface area contributed by atoms with Gasteiger partial charge in [0.1, 0.15) is 0 Å². The van der Waals surface area contributed by atoms with Gasteiger partial charge in [0.05, 0.1) is 23.8 Å². The highest BCUT2D eigenvalue weighted by molar-refractivity contribution is 6.33. The summed E-state index contributed by atoms with van der Waals surface area (Å²) in [6.07, 6.45) is 2.64. The molecule has 0 radical (unpaired) electrons. The molecular formula is C13H15ClN2O5. The first-order valence-electron chi connectivity index (χ1n) is 6.24. The number of amides is 1. The Kier molecular flexibility index (Phi) is 6.61. The number of halogens is 1. The number of ether oxygens (including phenoxy) is 2. The van der Waals surface area contributed by atoms with Crippen molar-refractivity contribution in [1.82, 2.24) is 10.3 Å². The molecule has 8 heteroatoms. The van der Waals surface area contributed by atoms with Gasteiger partial charge in [0.15, 0.2) is 0 Å². The molecule has 0 aliphatic heterocycles. The molecule has 1 heterocycles. The number of nitrogens with one attached hydrogen (secondary N) is 1. The zero-order valence-corrected chi connectivity index (χ0v) is 12.3. The molecule has 1 aromatic rings. The lowest BCUT2D eigenvalue weighted by Gasteiger charge is -2.16. The number of hydrogen-bond acceptors (Lipinski definition) is 6. The van der Waals surface area contributed by atoms with E-state index in [0.29, 0.717) is 0 Å². The summed E-state index contributed by atoms with van der Waals surface area (Å²) in [6.45, 7) is 3.31. The molecule has 0 aromatic carbocycles. The van der Waals surface area contributed by atoms with Crippen molar-refractivity contribution < 1.29 is 23.9 Å². The zero-order valence-electron chi connectivity index (χ0n) is 11.6.